The molecule has 2 aromatic carbocycles. The first-order valence-corrected chi connectivity index (χ1v) is 9.86. The number of amides is 2. The van der Waals surface area contributed by atoms with Crippen molar-refractivity contribution in [2.45, 2.75) is 6.54 Å². The minimum atomic E-state index is -0.188. The zero-order valence-electron chi connectivity index (χ0n) is 17.1. The van der Waals surface area contributed by atoms with E-state index in [0.29, 0.717) is 35.8 Å². The Balaban J connectivity index is 1.35. The third-order valence-corrected chi connectivity index (χ3v) is 5.38. The highest BCUT2D eigenvalue weighted by Gasteiger charge is 2.24. The first-order chi connectivity index (χ1) is 14.6. The van der Waals surface area contributed by atoms with E-state index in [-0.39, 0.29) is 18.4 Å². The number of hydrogen-bond donors (Lipinski definition) is 1. The molecule has 2 aromatic rings. The number of anilines is 1. The van der Waals surface area contributed by atoms with Crippen LogP contribution in [-0.4, -0.2) is 68.6 Å². The van der Waals surface area contributed by atoms with Crippen LogP contribution in [0, 0.1) is 0 Å². The molecule has 8 heteroatoms. The fourth-order valence-corrected chi connectivity index (χ4v) is 3.74. The largest absolute Gasteiger partial charge is 0.493 e. The van der Waals surface area contributed by atoms with Crippen LogP contribution in [0.15, 0.2) is 36.4 Å². The molecule has 8 nitrogen and oxygen atoms in total. The molecule has 2 aliphatic heterocycles. The SMILES string of the molecule is COc1ccc(CN2CCN(C(=O)c3ccc4c(c3)OCC(=O)N4)CC2)cc1OC. The van der Waals surface area contributed by atoms with E-state index in [4.69, 9.17) is 14.2 Å². The summed E-state index contributed by atoms with van der Waals surface area (Å²) >= 11 is 0. The summed E-state index contributed by atoms with van der Waals surface area (Å²) in [6.45, 7) is 3.64. The Morgan fingerprint density at radius 3 is 2.53 bits per heavy atom. The second-order valence-electron chi connectivity index (χ2n) is 7.31. The highest BCUT2D eigenvalue weighted by Crippen LogP contribution is 2.30. The smallest absolute Gasteiger partial charge is 0.262 e. The number of ether oxygens (including phenoxy) is 3. The van der Waals surface area contributed by atoms with Gasteiger partial charge >= 0.3 is 0 Å². The third-order valence-electron chi connectivity index (χ3n) is 5.38. The zero-order valence-corrected chi connectivity index (χ0v) is 17.1. The summed E-state index contributed by atoms with van der Waals surface area (Å²) in [7, 11) is 3.25. The molecule has 1 saturated heterocycles. The molecule has 0 radical (unpaired) electrons. The van der Waals surface area contributed by atoms with E-state index in [1.807, 2.05) is 23.1 Å². The topological polar surface area (TPSA) is 80.3 Å². The van der Waals surface area contributed by atoms with Gasteiger partial charge in [0.05, 0.1) is 19.9 Å². The lowest BCUT2D eigenvalue weighted by molar-refractivity contribution is -0.118. The molecule has 0 bridgehead atoms. The van der Waals surface area contributed by atoms with Crippen LogP contribution < -0.4 is 19.5 Å². The minimum Gasteiger partial charge on any atom is -0.493 e. The summed E-state index contributed by atoms with van der Waals surface area (Å²) in [5.41, 5.74) is 2.31. The van der Waals surface area contributed by atoms with E-state index >= 15 is 0 Å². The molecule has 0 aliphatic carbocycles. The first-order valence-electron chi connectivity index (χ1n) is 9.86. The standard InChI is InChI=1S/C22H25N3O5/c1-28-18-6-3-15(11-20(18)29-2)13-24-7-9-25(10-8-24)22(27)16-4-5-17-19(12-16)30-14-21(26)23-17/h3-6,11-12H,7-10,13-14H2,1-2H3,(H,23,26). The number of carbonyl (C=O) groups is 2. The predicted molar refractivity (Wildman–Crippen MR) is 111 cm³/mol. The Hall–Kier alpha value is -3.26. The van der Waals surface area contributed by atoms with Gasteiger partial charge in [-0.2, -0.15) is 0 Å². The average molecular weight is 411 g/mol. The summed E-state index contributed by atoms with van der Waals surface area (Å²) in [5.74, 6) is 1.75. The summed E-state index contributed by atoms with van der Waals surface area (Å²) in [4.78, 5) is 28.5. The van der Waals surface area contributed by atoms with Crippen molar-refractivity contribution in [3.8, 4) is 17.2 Å². The Morgan fingerprint density at radius 1 is 1.03 bits per heavy atom. The summed E-state index contributed by atoms with van der Waals surface area (Å²) in [5, 5.41) is 2.74. The number of nitrogens with one attached hydrogen (secondary N) is 1. The van der Waals surface area contributed by atoms with Gasteiger partial charge < -0.3 is 24.4 Å². The van der Waals surface area contributed by atoms with Crippen LogP contribution in [-0.2, 0) is 11.3 Å². The number of methoxy groups -OCH3 is 2. The normalized spacial score (nSPS) is 16.3. The highest BCUT2D eigenvalue weighted by atomic mass is 16.5. The number of rotatable bonds is 5. The fraction of sp³-hybridized carbons (Fsp3) is 0.364. The van der Waals surface area contributed by atoms with Crippen LogP contribution >= 0.6 is 0 Å². The molecule has 2 aliphatic rings. The van der Waals surface area contributed by atoms with Crippen molar-refractivity contribution in [1.82, 2.24) is 9.80 Å². The van der Waals surface area contributed by atoms with Crippen molar-refractivity contribution in [2.24, 2.45) is 0 Å². The van der Waals surface area contributed by atoms with Crippen LogP contribution in [0.25, 0.3) is 0 Å². The van der Waals surface area contributed by atoms with Crippen LogP contribution in [0.3, 0.4) is 0 Å². The number of carbonyl (C=O) groups excluding carboxylic acids is 2. The lowest BCUT2D eigenvalue weighted by Gasteiger charge is -2.35. The fourth-order valence-electron chi connectivity index (χ4n) is 3.74. The molecular weight excluding hydrogens is 386 g/mol. The molecule has 0 unspecified atom stereocenters. The second kappa shape index (κ2) is 8.62. The number of piperazine rings is 1. The quantitative estimate of drug-likeness (QED) is 0.811. The van der Waals surface area contributed by atoms with Gasteiger partial charge in [-0.05, 0) is 35.9 Å². The van der Waals surface area contributed by atoms with Crippen LogP contribution in [0.1, 0.15) is 15.9 Å². The number of fused-ring (bicyclic) bond motifs is 1. The third kappa shape index (κ3) is 4.18. The molecule has 1 fully saturated rings. The molecule has 0 aromatic heterocycles. The van der Waals surface area contributed by atoms with Gasteiger partial charge in [-0.3, -0.25) is 14.5 Å². The predicted octanol–water partition coefficient (Wildman–Crippen LogP) is 1.99. The summed E-state index contributed by atoms with van der Waals surface area (Å²) in [6.07, 6.45) is 0. The van der Waals surface area contributed by atoms with Gasteiger partial charge in [-0.15, -0.1) is 0 Å². The molecule has 2 heterocycles. The monoisotopic (exact) mass is 411 g/mol. The molecule has 0 saturated carbocycles. The van der Waals surface area contributed by atoms with Gasteiger partial charge in [0.25, 0.3) is 11.8 Å². The number of nitrogens with zero attached hydrogens (tertiary/aromatic N) is 2. The molecule has 30 heavy (non-hydrogen) atoms. The minimum absolute atomic E-state index is 0.0240. The Morgan fingerprint density at radius 2 is 1.80 bits per heavy atom. The summed E-state index contributed by atoms with van der Waals surface area (Å²) < 4.78 is 16.1. The maximum atomic E-state index is 12.9. The second-order valence-corrected chi connectivity index (χ2v) is 7.31. The van der Waals surface area contributed by atoms with Gasteiger partial charge in [-0.25, -0.2) is 0 Å². The lowest BCUT2D eigenvalue weighted by Crippen LogP contribution is -2.48. The maximum absolute atomic E-state index is 12.9. The number of benzene rings is 2. The number of hydrogen-bond acceptors (Lipinski definition) is 6. The van der Waals surface area contributed by atoms with Gasteiger partial charge in [0.2, 0.25) is 0 Å². The van der Waals surface area contributed by atoms with E-state index in [1.165, 1.54) is 0 Å². The molecule has 4 rings (SSSR count). The molecular formula is C22H25N3O5. The molecule has 0 spiro atoms. The molecule has 2 amide bonds. The molecule has 0 atom stereocenters. The summed E-state index contributed by atoms with van der Waals surface area (Å²) in [6, 6.07) is 11.1. The van der Waals surface area contributed by atoms with Crippen molar-refractivity contribution in [1.29, 1.82) is 0 Å². The van der Waals surface area contributed by atoms with Crippen molar-refractivity contribution < 1.29 is 23.8 Å². The first kappa shape index (κ1) is 20.0. The van der Waals surface area contributed by atoms with E-state index in [9.17, 15) is 9.59 Å². The Kier molecular flexibility index (Phi) is 5.76. The van der Waals surface area contributed by atoms with Crippen molar-refractivity contribution in [3.63, 3.8) is 0 Å². The Bertz CT molecular complexity index is 954. The van der Waals surface area contributed by atoms with Gasteiger partial charge in [0, 0.05) is 38.3 Å². The van der Waals surface area contributed by atoms with Crippen molar-refractivity contribution >= 4 is 17.5 Å². The van der Waals surface area contributed by atoms with E-state index in [1.54, 1.807) is 32.4 Å². The molecule has 1 N–H and O–H groups in total. The average Bonchev–Trinajstić information content (AvgIpc) is 2.78. The van der Waals surface area contributed by atoms with Gasteiger partial charge in [0.1, 0.15) is 5.75 Å². The van der Waals surface area contributed by atoms with Crippen LogP contribution in [0.4, 0.5) is 5.69 Å². The maximum Gasteiger partial charge on any atom is 0.262 e. The molecule has 158 valence electrons. The van der Waals surface area contributed by atoms with Gasteiger partial charge in [-0.1, -0.05) is 6.07 Å². The van der Waals surface area contributed by atoms with Crippen LogP contribution in [0.5, 0.6) is 17.2 Å². The van der Waals surface area contributed by atoms with E-state index in [2.05, 4.69) is 10.2 Å². The zero-order chi connectivity index (χ0) is 21.1. The van der Waals surface area contributed by atoms with Crippen LogP contribution in [0.2, 0.25) is 0 Å². The van der Waals surface area contributed by atoms with Crippen molar-refractivity contribution in [2.75, 3.05) is 52.3 Å². The van der Waals surface area contributed by atoms with E-state index < -0.39 is 0 Å². The lowest BCUT2D eigenvalue weighted by atomic mass is 10.1. The Labute approximate surface area is 175 Å². The van der Waals surface area contributed by atoms with Crippen molar-refractivity contribution in [3.05, 3.63) is 47.5 Å². The van der Waals surface area contributed by atoms with E-state index in [0.717, 1.165) is 30.9 Å². The highest BCUT2D eigenvalue weighted by molar-refractivity contribution is 5.99. The van der Waals surface area contributed by atoms with Gasteiger partial charge in [0.15, 0.2) is 18.1 Å².